The van der Waals surface area contributed by atoms with E-state index in [9.17, 15) is 8.42 Å². The Hall–Kier alpha value is -3.34. The molecule has 28 heavy (non-hydrogen) atoms. The number of H-pyrrole nitrogens is 1. The first-order chi connectivity index (χ1) is 13.5. The summed E-state index contributed by atoms with van der Waals surface area (Å²) in [4.78, 5) is 3.28. The zero-order valence-electron chi connectivity index (χ0n) is 15.2. The number of aromatic nitrogens is 2. The Morgan fingerprint density at radius 1 is 1.11 bits per heavy atom. The third-order valence-corrected chi connectivity index (χ3v) is 6.30. The van der Waals surface area contributed by atoms with E-state index in [2.05, 4.69) is 10.3 Å². The summed E-state index contributed by atoms with van der Waals surface area (Å²) in [6, 6.07) is 17.6. The SMILES string of the molecule is CNCc1cc(-c2ccc3[nH]ccc3c2)n(S(=O)(=O)c2ccc(C#N)cc2)c1. The molecule has 7 heteroatoms. The maximum Gasteiger partial charge on any atom is 0.268 e. The van der Waals surface area contributed by atoms with Gasteiger partial charge >= 0.3 is 0 Å². The molecule has 4 aromatic rings. The van der Waals surface area contributed by atoms with Gasteiger partial charge in [0.2, 0.25) is 0 Å². The molecular weight excluding hydrogens is 372 g/mol. The normalized spacial score (nSPS) is 11.6. The molecule has 2 aromatic heterocycles. The van der Waals surface area contributed by atoms with Gasteiger partial charge in [0, 0.05) is 29.8 Å². The van der Waals surface area contributed by atoms with Crippen LogP contribution in [-0.4, -0.2) is 24.4 Å². The van der Waals surface area contributed by atoms with Crippen molar-refractivity contribution >= 4 is 20.9 Å². The van der Waals surface area contributed by atoms with Crippen LogP contribution in [0.15, 0.2) is 71.9 Å². The van der Waals surface area contributed by atoms with Crippen LogP contribution in [0.1, 0.15) is 11.1 Å². The molecule has 0 saturated carbocycles. The third kappa shape index (κ3) is 3.09. The number of nitrogens with one attached hydrogen (secondary N) is 2. The molecule has 2 aromatic carbocycles. The van der Waals surface area contributed by atoms with E-state index in [-0.39, 0.29) is 4.90 Å². The van der Waals surface area contributed by atoms with Crippen LogP contribution < -0.4 is 5.32 Å². The van der Waals surface area contributed by atoms with Gasteiger partial charge in [-0.2, -0.15) is 5.26 Å². The Labute approximate surface area is 163 Å². The zero-order chi connectivity index (χ0) is 19.7. The van der Waals surface area contributed by atoms with Gasteiger partial charge in [-0.05, 0) is 66.7 Å². The minimum absolute atomic E-state index is 0.141. The average molecular weight is 390 g/mol. The Morgan fingerprint density at radius 2 is 1.89 bits per heavy atom. The first-order valence-electron chi connectivity index (χ1n) is 8.72. The number of benzene rings is 2. The third-order valence-electron chi connectivity index (χ3n) is 4.61. The van der Waals surface area contributed by atoms with E-state index in [0.29, 0.717) is 17.8 Å². The number of nitrogens with zero attached hydrogens (tertiary/aromatic N) is 2. The van der Waals surface area contributed by atoms with Crippen LogP contribution in [-0.2, 0) is 16.6 Å². The van der Waals surface area contributed by atoms with Crippen LogP contribution in [0.2, 0.25) is 0 Å². The summed E-state index contributed by atoms with van der Waals surface area (Å²) in [5, 5.41) is 13.0. The zero-order valence-corrected chi connectivity index (χ0v) is 16.0. The minimum Gasteiger partial charge on any atom is -0.361 e. The summed E-state index contributed by atoms with van der Waals surface area (Å²) < 4.78 is 27.9. The molecule has 140 valence electrons. The van der Waals surface area contributed by atoms with Crippen LogP contribution in [0.3, 0.4) is 0 Å². The molecular formula is C21H18N4O2S. The summed E-state index contributed by atoms with van der Waals surface area (Å²) in [7, 11) is -1.99. The molecule has 0 saturated heterocycles. The highest BCUT2D eigenvalue weighted by Crippen LogP contribution is 2.29. The molecule has 0 amide bonds. The predicted octanol–water partition coefficient (Wildman–Crippen LogP) is 3.46. The lowest BCUT2D eigenvalue weighted by Gasteiger charge is -2.11. The van der Waals surface area contributed by atoms with Crippen LogP contribution in [0.4, 0.5) is 0 Å². The highest BCUT2D eigenvalue weighted by atomic mass is 32.2. The van der Waals surface area contributed by atoms with Crippen LogP contribution in [0, 0.1) is 11.3 Å². The number of aromatic amines is 1. The highest BCUT2D eigenvalue weighted by Gasteiger charge is 2.22. The van der Waals surface area contributed by atoms with E-state index in [1.54, 1.807) is 6.20 Å². The van der Waals surface area contributed by atoms with Gasteiger partial charge in [0.05, 0.1) is 22.2 Å². The number of fused-ring (bicyclic) bond motifs is 1. The van der Waals surface area contributed by atoms with E-state index in [1.165, 1.54) is 28.2 Å². The van der Waals surface area contributed by atoms with Gasteiger partial charge in [-0.1, -0.05) is 6.07 Å². The molecule has 0 bridgehead atoms. The molecule has 0 spiro atoms. The molecule has 0 fully saturated rings. The molecule has 2 heterocycles. The van der Waals surface area contributed by atoms with Crippen molar-refractivity contribution in [3.63, 3.8) is 0 Å². The molecule has 0 radical (unpaired) electrons. The fourth-order valence-electron chi connectivity index (χ4n) is 3.23. The van der Waals surface area contributed by atoms with Gasteiger partial charge in [-0.25, -0.2) is 12.4 Å². The lowest BCUT2D eigenvalue weighted by Crippen LogP contribution is -2.13. The summed E-state index contributed by atoms with van der Waals surface area (Å²) in [5.74, 6) is 0. The molecule has 2 N–H and O–H groups in total. The van der Waals surface area contributed by atoms with Crippen molar-refractivity contribution in [2.45, 2.75) is 11.4 Å². The Kier molecular flexibility index (Phi) is 4.51. The lowest BCUT2D eigenvalue weighted by molar-refractivity contribution is 0.588. The van der Waals surface area contributed by atoms with Crippen LogP contribution >= 0.6 is 0 Å². The Bertz CT molecular complexity index is 1290. The number of hydrogen-bond donors (Lipinski definition) is 2. The number of hydrogen-bond acceptors (Lipinski definition) is 4. The number of rotatable bonds is 5. The Balaban J connectivity index is 1.88. The molecule has 0 atom stereocenters. The van der Waals surface area contributed by atoms with Crippen molar-refractivity contribution in [1.29, 1.82) is 5.26 Å². The second-order valence-electron chi connectivity index (χ2n) is 6.48. The molecule has 0 aliphatic rings. The monoisotopic (exact) mass is 390 g/mol. The second-order valence-corrected chi connectivity index (χ2v) is 8.30. The standard InChI is InChI=1S/C21H18N4O2S/c1-23-13-16-10-21(18-4-7-20-17(11-18)8-9-24-20)25(14-16)28(26,27)19-5-2-15(12-22)3-6-19/h2-11,14,23-24H,13H2,1H3. The maximum absolute atomic E-state index is 13.3. The summed E-state index contributed by atoms with van der Waals surface area (Å²) in [6.07, 6.45) is 3.49. The minimum atomic E-state index is -3.81. The molecule has 0 aliphatic carbocycles. The lowest BCUT2D eigenvalue weighted by atomic mass is 10.1. The van der Waals surface area contributed by atoms with Crippen LogP contribution in [0.25, 0.3) is 22.2 Å². The molecule has 6 nitrogen and oxygen atoms in total. The van der Waals surface area contributed by atoms with Crippen molar-refractivity contribution in [3.8, 4) is 17.3 Å². The van der Waals surface area contributed by atoms with Crippen molar-refractivity contribution in [1.82, 2.24) is 14.3 Å². The van der Waals surface area contributed by atoms with E-state index >= 15 is 0 Å². The fourth-order valence-corrected chi connectivity index (χ4v) is 4.63. The van der Waals surface area contributed by atoms with Gasteiger partial charge in [0.15, 0.2) is 0 Å². The first-order valence-corrected chi connectivity index (χ1v) is 10.2. The van der Waals surface area contributed by atoms with E-state index in [0.717, 1.165) is 22.0 Å². The van der Waals surface area contributed by atoms with E-state index in [4.69, 9.17) is 5.26 Å². The quantitative estimate of drug-likeness (QED) is 0.546. The first kappa shape index (κ1) is 18.0. The molecule has 4 rings (SSSR count). The van der Waals surface area contributed by atoms with E-state index < -0.39 is 10.0 Å². The maximum atomic E-state index is 13.3. The number of nitriles is 1. The van der Waals surface area contributed by atoms with Crippen molar-refractivity contribution in [2.75, 3.05) is 7.05 Å². The van der Waals surface area contributed by atoms with Gasteiger partial charge in [-0.3, -0.25) is 0 Å². The smallest absolute Gasteiger partial charge is 0.268 e. The second kappa shape index (κ2) is 7.00. The molecule has 0 aliphatic heterocycles. The summed E-state index contributed by atoms with van der Waals surface area (Å²) in [5.41, 5.74) is 3.68. The predicted molar refractivity (Wildman–Crippen MR) is 108 cm³/mol. The van der Waals surface area contributed by atoms with Crippen LogP contribution in [0.5, 0.6) is 0 Å². The van der Waals surface area contributed by atoms with Gasteiger partial charge in [-0.15, -0.1) is 0 Å². The fraction of sp³-hybridized carbons (Fsp3) is 0.0952. The van der Waals surface area contributed by atoms with Crippen molar-refractivity contribution < 1.29 is 8.42 Å². The molecule has 0 unspecified atom stereocenters. The Morgan fingerprint density at radius 3 is 2.61 bits per heavy atom. The summed E-state index contributed by atoms with van der Waals surface area (Å²) in [6.45, 7) is 0.551. The highest BCUT2D eigenvalue weighted by molar-refractivity contribution is 7.90. The largest absolute Gasteiger partial charge is 0.361 e. The van der Waals surface area contributed by atoms with Crippen molar-refractivity contribution in [3.05, 3.63) is 78.1 Å². The van der Waals surface area contributed by atoms with Crippen molar-refractivity contribution in [2.24, 2.45) is 0 Å². The topological polar surface area (TPSA) is 90.7 Å². The van der Waals surface area contributed by atoms with Gasteiger partial charge < -0.3 is 10.3 Å². The van der Waals surface area contributed by atoms with Gasteiger partial charge in [0.1, 0.15) is 0 Å². The summed E-state index contributed by atoms with van der Waals surface area (Å²) >= 11 is 0. The average Bonchev–Trinajstić information content (AvgIpc) is 3.35. The van der Waals surface area contributed by atoms with E-state index in [1.807, 2.05) is 49.6 Å². The van der Waals surface area contributed by atoms with Gasteiger partial charge in [0.25, 0.3) is 10.0 Å².